The van der Waals surface area contributed by atoms with Crippen molar-refractivity contribution < 1.29 is 4.74 Å². The van der Waals surface area contributed by atoms with Crippen LogP contribution in [0.25, 0.3) is 0 Å². The number of hydrogen-bond donors (Lipinski definition) is 2. The van der Waals surface area contributed by atoms with Crippen molar-refractivity contribution in [3.05, 3.63) is 0 Å². The molecule has 2 rings (SSSR count). The molecular formula is C14H25N5O. The van der Waals surface area contributed by atoms with E-state index in [1.54, 1.807) is 7.11 Å². The highest BCUT2D eigenvalue weighted by Gasteiger charge is 2.27. The molecule has 3 atom stereocenters. The van der Waals surface area contributed by atoms with Gasteiger partial charge < -0.3 is 15.4 Å². The zero-order chi connectivity index (χ0) is 14.5. The maximum absolute atomic E-state index is 5.14. The Labute approximate surface area is 120 Å². The van der Waals surface area contributed by atoms with E-state index in [9.17, 15) is 0 Å². The lowest BCUT2D eigenvalue weighted by Crippen LogP contribution is -2.35. The minimum atomic E-state index is 0.343. The van der Waals surface area contributed by atoms with Crippen LogP contribution in [0.1, 0.15) is 40.0 Å². The van der Waals surface area contributed by atoms with Crippen LogP contribution < -0.4 is 15.4 Å². The Hall–Kier alpha value is -1.59. The smallest absolute Gasteiger partial charge is 0.322 e. The van der Waals surface area contributed by atoms with Crippen molar-refractivity contribution in [2.45, 2.75) is 46.1 Å². The molecule has 0 spiro atoms. The molecule has 0 saturated heterocycles. The third kappa shape index (κ3) is 3.49. The fraction of sp³-hybridized carbons (Fsp3) is 0.786. The summed E-state index contributed by atoms with van der Waals surface area (Å²) in [7, 11) is 1.57. The Kier molecular flexibility index (Phi) is 4.98. The summed E-state index contributed by atoms with van der Waals surface area (Å²) in [6, 6.07) is 0.760. The van der Waals surface area contributed by atoms with E-state index < -0.39 is 0 Å². The molecule has 0 aliphatic heterocycles. The number of hydrogen-bond acceptors (Lipinski definition) is 6. The monoisotopic (exact) mass is 279 g/mol. The summed E-state index contributed by atoms with van der Waals surface area (Å²) < 4.78 is 5.14. The Morgan fingerprint density at radius 3 is 2.60 bits per heavy atom. The topological polar surface area (TPSA) is 72.0 Å². The second-order valence-corrected chi connectivity index (χ2v) is 5.52. The lowest BCUT2D eigenvalue weighted by Gasteiger charge is -2.34. The highest BCUT2D eigenvalue weighted by Crippen LogP contribution is 2.31. The normalized spacial score (nSPS) is 26.1. The van der Waals surface area contributed by atoms with Crippen molar-refractivity contribution in [3.8, 4) is 6.01 Å². The number of nitrogens with one attached hydrogen (secondary N) is 2. The van der Waals surface area contributed by atoms with Crippen LogP contribution in [0.4, 0.5) is 11.9 Å². The van der Waals surface area contributed by atoms with Crippen LogP contribution >= 0.6 is 0 Å². The van der Waals surface area contributed by atoms with Gasteiger partial charge in [-0.05, 0) is 25.2 Å². The molecule has 1 saturated carbocycles. The molecule has 2 N–H and O–H groups in total. The van der Waals surface area contributed by atoms with E-state index >= 15 is 0 Å². The van der Waals surface area contributed by atoms with Gasteiger partial charge in [-0.3, -0.25) is 0 Å². The molecule has 112 valence electrons. The fourth-order valence-electron chi connectivity index (χ4n) is 2.70. The van der Waals surface area contributed by atoms with E-state index in [-0.39, 0.29) is 0 Å². The van der Waals surface area contributed by atoms with Gasteiger partial charge in [0.2, 0.25) is 11.9 Å². The fourth-order valence-corrected chi connectivity index (χ4v) is 2.70. The van der Waals surface area contributed by atoms with Gasteiger partial charge in [0, 0.05) is 12.6 Å². The molecule has 20 heavy (non-hydrogen) atoms. The average molecular weight is 279 g/mol. The van der Waals surface area contributed by atoms with Crippen LogP contribution in [-0.2, 0) is 0 Å². The van der Waals surface area contributed by atoms with Gasteiger partial charge in [0.15, 0.2) is 0 Å². The summed E-state index contributed by atoms with van der Waals surface area (Å²) in [5.74, 6) is 2.50. The summed E-state index contributed by atoms with van der Waals surface area (Å²) >= 11 is 0. The van der Waals surface area contributed by atoms with E-state index in [0.29, 0.717) is 29.9 Å². The SMILES string of the molecule is CCNc1nc(NC2CCCC(C)C2C)nc(OC)n1. The predicted octanol–water partition coefficient (Wildman–Crippen LogP) is 2.55. The van der Waals surface area contributed by atoms with Gasteiger partial charge in [-0.25, -0.2) is 0 Å². The summed E-state index contributed by atoms with van der Waals surface area (Å²) in [4.78, 5) is 12.9. The van der Waals surface area contributed by atoms with Gasteiger partial charge >= 0.3 is 6.01 Å². The number of aromatic nitrogens is 3. The van der Waals surface area contributed by atoms with Crippen LogP contribution in [0, 0.1) is 11.8 Å². The van der Waals surface area contributed by atoms with E-state index in [4.69, 9.17) is 4.74 Å². The van der Waals surface area contributed by atoms with Gasteiger partial charge in [0.05, 0.1) is 7.11 Å². The first-order chi connectivity index (χ1) is 9.63. The van der Waals surface area contributed by atoms with Crippen molar-refractivity contribution in [2.24, 2.45) is 11.8 Å². The molecule has 1 aromatic rings. The van der Waals surface area contributed by atoms with Crippen LogP contribution in [0.5, 0.6) is 6.01 Å². The Bertz CT molecular complexity index is 440. The summed E-state index contributed by atoms with van der Waals surface area (Å²) in [5.41, 5.74) is 0. The van der Waals surface area contributed by atoms with E-state index in [1.807, 2.05) is 6.92 Å². The molecule has 0 radical (unpaired) electrons. The highest BCUT2D eigenvalue weighted by molar-refractivity contribution is 5.36. The molecule has 1 aliphatic rings. The molecule has 0 amide bonds. The summed E-state index contributed by atoms with van der Waals surface area (Å²) in [5, 5.41) is 6.55. The molecule has 3 unspecified atom stereocenters. The van der Waals surface area contributed by atoms with Crippen LogP contribution in [0.15, 0.2) is 0 Å². The quantitative estimate of drug-likeness (QED) is 0.863. The summed E-state index contributed by atoms with van der Waals surface area (Å²) in [6.07, 6.45) is 3.73. The van der Waals surface area contributed by atoms with Gasteiger partial charge in [-0.2, -0.15) is 15.0 Å². The number of rotatable bonds is 5. The molecule has 6 heteroatoms. The first kappa shape index (κ1) is 14.8. The molecule has 1 aromatic heterocycles. The molecule has 6 nitrogen and oxygen atoms in total. The molecule has 1 heterocycles. The van der Waals surface area contributed by atoms with Crippen LogP contribution in [0.2, 0.25) is 0 Å². The molecule has 1 fully saturated rings. The van der Waals surface area contributed by atoms with Crippen molar-refractivity contribution in [1.29, 1.82) is 0 Å². The average Bonchev–Trinajstić information content (AvgIpc) is 2.44. The first-order valence-corrected chi connectivity index (χ1v) is 7.44. The third-order valence-electron chi connectivity index (χ3n) is 4.15. The first-order valence-electron chi connectivity index (χ1n) is 7.44. The van der Waals surface area contributed by atoms with E-state index in [0.717, 1.165) is 18.9 Å². The van der Waals surface area contributed by atoms with Crippen LogP contribution in [0.3, 0.4) is 0 Å². The lowest BCUT2D eigenvalue weighted by atomic mass is 9.78. The van der Waals surface area contributed by atoms with Crippen molar-refractivity contribution >= 4 is 11.9 Å². The van der Waals surface area contributed by atoms with Crippen molar-refractivity contribution in [2.75, 3.05) is 24.3 Å². The predicted molar refractivity (Wildman–Crippen MR) is 80.1 cm³/mol. The van der Waals surface area contributed by atoms with E-state index in [1.165, 1.54) is 12.8 Å². The second kappa shape index (κ2) is 6.72. The van der Waals surface area contributed by atoms with Gasteiger partial charge in [0.25, 0.3) is 0 Å². The Morgan fingerprint density at radius 2 is 1.90 bits per heavy atom. The van der Waals surface area contributed by atoms with Crippen molar-refractivity contribution in [1.82, 2.24) is 15.0 Å². The van der Waals surface area contributed by atoms with E-state index in [2.05, 4.69) is 39.4 Å². The number of ether oxygens (including phenoxy) is 1. The maximum atomic E-state index is 5.14. The van der Waals surface area contributed by atoms with Crippen LogP contribution in [-0.4, -0.2) is 34.6 Å². The molecular weight excluding hydrogens is 254 g/mol. The summed E-state index contributed by atoms with van der Waals surface area (Å²) in [6.45, 7) is 7.39. The second-order valence-electron chi connectivity index (χ2n) is 5.52. The van der Waals surface area contributed by atoms with Gasteiger partial charge in [-0.15, -0.1) is 0 Å². The molecule has 0 bridgehead atoms. The number of nitrogens with zero attached hydrogens (tertiary/aromatic N) is 3. The maximum Gasteiger partial charge on any atom is 0.322 e. The largest absolute Gasteiger partial charge is 0.467 e. The van der Waals surface area contributed by atoms with Crippen molar-refractivity contribution in [3.63, 3.8) is 0 Å². The minimum Gasteiger partial charge on any atom is -0.467 e. The molecule has 1 aliphatic carbocycles. The number of methoxy groups -OCH3 is 1. The van der Waals surface area contributed by atoms with Gasteiger partial charge in [0.1, 0.15) is 0 Å². The molecule has 0 aromatic carbocycles. The standard InChI is InChI=1S/C14H25N5O/c1-5-15-12-17-13(19-14(18-12)20-4)16-11-8-6-7-9(2)10(11)3/h9-11H,5-8H2,1-4H3,(H2,15,16,17,18,19). The Morgan fingerprint density at radius 1 is 1.15 bits per heavy atom. The van der Waals surface area contributed by atoms with Gasteiger partial charge in [-0.1, -0.05) is 26.7 Å². The zero-order valence-electron chi connectivity index (χ0n) is 12.8. The number of anilines is 2. The minimum absolute atomic E-state index is 0.343. The Balaban J connectivity index is 2.13. The zero-order valence-corrected chi connectivity index (χ0v) is 12.8. The highest BCUT2D eigenvalue weighted by atomic mass is 16.5. The lowest BCUT2D eigenvalue weighted by molar-refractivity contribution is 0.252. The third-order valence-corrected chi connectivity index (χ3v) is 4.15.